The van der Waals surface area contributed by atoms with E-state index >= 15 is 0 Å². The van der Waals surface area contributed by atoms with E-state index in [2.05, 4.69) is 4.98 Å². The second-order valence-corrected chi connectivity index (χ2v) is 6.88. The van der Waals surface area contributed by atoms with Gasteiger partial charge in [0.1, 0.15) is 11.6 Å². The number of aromatic nitrogens is 1. The Morgan fingerprint density at radius 2 is 1.69 bits per heavy atom. The van der Waals surface area contributed by atoms with E-state index in [0.717, 1.165) is 11.3 Å². The fraction of sp³-hybridized carbons (Fsp3) is 0.182. The Hall–Kier alpha value is -3.25. The van der Waals surface area contributed by atoms with Gasteiger partial charge in [0.15, 0.2) is 0 Å². The van der Waals surface area contributed by atoms with Crippen LogP contribution in [0.25, 0.3) is 0 Å². The van der Waals surface area contributed by atoms with Crippen molar-refractivity contribution in [1.29, 1.82) is 0 Å². The zero-order chi connectivity index (χ0) is 20.4. The summed E-state index contributed by atoms with van der Waals surface area (Å²) in [6.07, 6.45) is 0. The summed E-state index contributed by atoms with van der Waals surface area (Å²) in [5.41, 5.74) is 2.37. The van der Waals surface area contributed by atoms with Gasteiger partial charge < -0.3 is 9.47 Å². The lowest BCUT2D eigenvalue weighted by atomic mass is 10.1. The van der Waals surface area contributed by atoms with Crippen LogP contribution in [0.5, 0.6) is 11.6 Å². The van der Waals surface area contributed by atoms with Crippen LogP contribution in [0, 0.1) is 0 Å². The number of halogens is 1. The third kappa shape index (κ3) is 3.71. The van der Waals surface area contributed by atoms with Crippen LogP contribution in [0.1, 0.15) is 12.5 Å². The number of amides is 2. The Labute approximate surface area is 174 Å². The molecule has 1 aliphatic rings. The van der Waals surface area contributed by atoms with Crippen molar-refractivity contribution in [2.24, 2.45) is 0 Å². The first-order chi connectivity index (χ1) is 14.1. The van der Waals surface area contributed by atoms with E-state index in [-0.39, 0.29) is 6.03 Å². The predicted molar refractivity (Wildman–Crippen MR) is 114 cm³/mol. The van der Waals surface area contributed by atoms with Gasteiger partial charge in [-0.25, -0.2) is 9.69 Å². The normalized spacial score (nSPS) is 13.3. The molecule has 0 fully saturated rings. The van der Waals surface area contributed by atoms with Crippen LogP contribution in [0.2, 0.25) is 5.02 Å². The number of hydrogen-bond acceptors (Lipinski definition) is 4. The van der Waals surface area contributed by atoms with E-state index in [9.17, 15) is 4.79 Å². The number of ether oxygens (including phenoxy) is 2. The number of benzene rings is 2. The summed E-state index contributed by atoms with van der Waals surface area (Å²) in [5, 5.41) is 0.619. The molecule has 0 N–H and O–H groups in total. The summed E-state index contributed by atoms with van der Waals surface area (Å²) < 4.78 is 10.8. The molecule has 6 nitrogen and oxygen atoms in total. The smallest absolute Gasteiger partial charge is 0.335 e. The largest absolute Gasteiger partial charge is 0.497 e. The van der Waals surface area contributed by atoms with Crippen LogP contribution in [-0.2, 0) is 6.54 Å². The van der Waals surface area contributed by atoms with Crippen LogP contribution in [0.15, 0.2) is 60.7 Å². The molecule has 1 aromatic heterocycles. The SMILES string of the molecule is CCOc1ccc2c(n1)N(c1ccc(OC)cc1)C(=O)N(c1ccc(Cl)cc1)C2. The highest BCUT2D eigenvalue weighted by Gasteiger charge is 2.34. The molecule has 7 heteroatoms. The first-order valence-electron chi connectivity index (χ1n) is 9.24. The second kappa shape index (κ2) is 8.01. The van der Waals surface area contributed by atoms with E-state index in [4.69, 9.17) is 21.1 Å². The molecule has 29 heavy (non-hydrogen) atoms. The van der Waals surface area contributed by atoms with Gasteiger partial charge in [-0.3, -0.25) is 4.90 Å². The van der Waals surface area contributed by atoms with Crippen LogP contribution in [0.3, 0.4) is 0 Å². The minimum atomic E-state index is -0.203. The molecule has 0 radical (unpaired) electrons. The third-order valence-electron chi connectivity index (χ3n) is 4.65. The highest BCUT2D eigenvalue weighted by molar-refractivity contribution is 6.30. The quantitative estimate of drug-likeness (QED) is 0.564. The average molecular weight is 410 g/mol. The predicted octanol–water partition coefficient (Wildman–Crippen LogP) is 5.42. The summed E-state index contributed by atoms with van der Waals surface area (Å²) in [6.45, 7) is 2.80. The number of hydrogen-bond donors (Lipinski definition) is 0. The van der Waals surface area contributed by atoms with Gasteiger partial charge in [0, 0.05) is 22.3 Å². The molecule has 2 amide bonds. The van der Waals surface area contributed by atoms with Crippen molar-refractivity contribution in [3.8, 4) is 11.6 Å². The van der Waals surface area contributed by atoms with Crippen molar-refractivity contribution in [2.45, 2.75) is 13.5 Å². The lowest BCUT2D eigenvalue weighted by molar-refractivity contribution is 0.252. The van der Waals surface area contributed by atoms with Gasteiger partial charge >= 0.3 is 6.03 Å². The van der Waals surface area contributed by atoms with Gasteiger partial charge in [0.2, 0.25) is 5.88 Å². The summed E-state index contributed by atoms with van der Waals surface area (Å²) in [7, 11) is 1.61. The Balaban J connectivity index is 1.81. The molecule has 0 aliphatic carbocycles. The highest BCUT2D eigenvalue weighted by atomic mass is 35.5. The molecule has 0 atom stereocenters. The van der Waals surface area contributed by atoms with E-state index < -0.39 is 0 Å². The number of nitrogens with zero attached hydrogens (tertiary/aromatic N) is 3. The van der Waals surface area contributed by atoms with E-state index in [1.807, 2.05) is 55.5 Å². The Morgan fingerprint density at radius 3 is 2.34 bits per heavy atom. The van der Waals surface area contributed by atoms with Crippen molar-refractivity contribution in [3.63, 3.8) is 0 Å². The minimum Gasteiger partial charge on any atom is -0.497 e. The molecule has 0 saturated carbocycles. The van der Waals surface area contributed by atoms with Crippen LogP contribution in [0.4, 0.5) is 22.0 Å². The maximum atomic E-state index is 13.5. The fourth-order valence-corrected chi connectivity index (χ4v) is 3.37. The lowest BCUT2D eigenvalue weighted by Gasteiger charge is -2.36. The highest BCUT2D eigenvalue weighted by Crippen LogP contribution is 2.37. The van der Waals surface area contributed by atoms with Gasteiger partial charge in [0.25, 0.3) is 0 Å². The van der Waals surface area contributed by atoms with Gasteiger partial charge in [-0.15, -0.1) is 0 Å². The number of rotatable bonds is 5. The first kappa shape index (κ1) is 19.1. The zero-order valence-electron chi connectivity index (χ0n) is 16.1. The van der Waals surface area contributed by atoms with E-state index in [1.165, 1.54) is 0 Å². The molecular weight excluding hydrogens is 390 g/mol. The Morgan fingerprint density at radius 1 is 1.00 bits per heavy atom. The molecule has 1 aliphatic heterocycles. The number of pyridine rings is 1. The number of urea groups is 1. The molecule has 0 unspecified atom stereocenters. The number of carbonyl (C=O) groups excluding carboxylic acids is 1. The monoisotopic (exact) mass is 409 g/mol. The molecule has 0 spiro atoms. The molecule has 2 heterocycles. The molecular formula is C22H20ClN3O3. The molecule has 4 rings (SSSR count). The summed E-state index contributed by atoms with van der Waals surface area (Å²) >= 11 is 6.02. The van der Waals surface area contributed by atoms with E-state index in [1.54, 1.807) is 29.0 Å². The van der Waals surface area contributed by atoms with Crippen LogP contribution in [-0.4, -0.2) is 24.7 Å². The number of anilines is 3. The van der Waals surface area contributed by atoms with Crippen molar-refractivity contribution < 1.29 is 14.3 Å². The maximum Gasteiger partial charge on any atom is 0.335 e. The second-order valence-electron chi connectivity index (χ2n) is 6.44. The van der Waals surface area contributed by atoms with Gasteiger partial charge in [0.05, 0.1) is 25.9 Å². The van der Waals surface area contributed by atoms with Crippen LogP contribution >= 0.6 is 11.6 Å². The third-order valence-corrected chi connectivity index (χ3v) is 4.91. The van der Waals surface area contributed by atoms with Gasteiger partial charge in [-0.1, -0.05) is 11.6 Å². The Kier molecular flexibility index (Phi) is 5.27. The van der Waals surface area contributed by atoms with Crippen molar-refractivity contribution in [1.82, 2.24) is 4.98 Å². The average Bonchev–Trinajstić information content (AvgIpc) is 2.74. The standard InChI is InChI=1S/C22H20ClN3O3/c1-3-29-20-13-4-15-14-25(17-7-5-16(23)6-8-17)22(27)26(21(15)24-20)18-9-11-19(28-2)12-10-18/h4-13H,3,14H2,1-2H3. The lowest BCUT2D eigenvalue weighted by Crippen LogP contribution is -2.45. The number of carbonyl (C=O) groups is 1. The molecule has 0 bridgehead atoms. The van der Waals surface area contributed by atoms with Crippen molar-refractivity contribution in [2.75, 3.05) is 23.5 Å². The summed E-state index contributed by atoms with van der Waals surface area (Å²) in [6, 6.07) is 18.1. The number of fused-ring (bicyclic) bond motifs is 1. The molecule has 2 aromatic carbocycles. The van der Waals surface area contributed by atoms with Gasteiger partial charge in [-0.2, -0.15) is 4.98 Å². The maximum absolute atomic E-state index is 13.5. The zero-order valence-corrected chi connectivity index (χ0v) is 16.9. The fourth-order valence-electron chi connectivity index (χ4n) is 3.24. The molecule has 0 saturated heterocycles. The molecule has 3 aromatic rings. The number of methoxy groups -OCH3 is 1. The summed E-state index contributed by atoms with van der Waals surface area (Å²) in [4.78, 5) is 21.4. The topological polar surface area (TPSA) is 54.9 Å². The van der Waals surface area contributed by atoms with Crippen LogP contribution < -0.4 is 19.3 Å². The molecule has 148 valence electrons. The van der Waals surface area contributed by atoms with Gasteiger partial charge in [-0.05, 0) is 61.5 Å². The van der Waals surface area contributed by atoms with Crippen molar-refractivity contribution in [3.05, 3.63) is 71.2 Å². The Bertz CT molecular complexity index is 1020. The van der Waals surface area contributed by atoms with Crippen molar-refractivity contribution >= 4 is 34.8 Å². The summed E-state index contributed by atoms with van der Waals surface area (Å²) in [5.74, 6) is 1.76. The van der Waals surface area contributed by atoms with E-state index in [0.29, 0.717) is 41.3 Å². The first-order valence-corrected chi connectivity index (χ1v) is 9.62. The minimum absolute atomic E-state index is 0.203.